The van der Waals surface area contributed by atoms with Crippen molar-refractivity contribution in [3.8, 4) is 0 Å². The number of benzene rings is 2. The first kappa shape index (κ1) is 16.5. The Bertz CT molecular complexity index is 1120. The molecule has 0 radical (unpaired) electrons. The Labute approximate surface area is 154 Å². The standard InChI is InChI=1S/C19H16N4O2S/c1-12-7-3-6-10-16(12)22-17(24)11-26-19(22)21-23-13(2)20-15-9-5-4-8-14(15)18(23)25/h3-10H,11H2,1-2H3/b21-19+. The molecule has 1 aliphatic rings. The molecule has 3 aromatic rings. The molecule has 0 bridgehead atoms. The van der Waals surface area contributed by atoms with E-state index in [4.69, 9.17) is 0 Å². The van der Waals surface area contributed by atoms with E-state index in [2.05, 4.69) is 10.1 Å². The molecule has 7 heteroatoms. The SMILES string of the molecule is Cc1ccccc1N1C(=O)CS/C1=N/n1c(C)nc2ccccc2c1=O. The van der Waals surface area contributed by atoms with Crippen LogP contribution in [0.15, 0.2) is 58.4 Å². The number of nitrogens with zero attached hydrogens (tertiary/aromatic N) is 4. The Morgan fingerprint density at radius 2 is 1.77 bits per heavy atom. The van der Waals surface area contributed by atoms with Crippen molar-refractivity contribution in [3.05, 3.63) is 70.3 Å². The summed E-state index contributed by atoms with van der Waals surface area (Å²) in [6.07, 6.45) is 0. The number of fused-ring (bicyclic) bond motifs is 1. The topological polar surface area (TPSA) is 67.6 Å². The van der Waals surface area contributed by atoms with Crippen molar-refractivity contribution in [2.24, 2.45) is 5.10 Å². The molecule has 0 spiro atoms. The second kappa shape index (κ2) is 6.42. The molecular weight excluding hydrogens is 348 g/mol. The summed E-state index contributed by atoms with van der Waals surface area (Å²) in [5.41, 5.74) is 2.14. The molecule has 1 saturated heterocycles. The zero-order valence-corrected chi connectivity index (χ0v) is 15.2. The number of hydrogen-bond donors (Lipinski definition) is 0. The first-order valence-corrected chi connectivity index (χ1v) is 9.13. The average Bonchev–Trinajstić information content (AvgIpc) is 2.99. The van der Waals surface area contributed by atoms with E-state index < -0.39 is 0 Å². The first-order chi connectivity index (χ1) is 12.6. The normalized spacial score (nSPS) is 16.0. The fourth-order valence-corrected chi connectivity index (χ4v) is 3.78. The smallest absolute Gasteiger partial charge is 0.273 e. The van der Waals surface area contributed by atoms with Crippen molar-refractivity contribution < 1.29 is 4.79 Å². The van der Waals surface area contributed by atoms with Crippen LogP contribution in [0.4, 0.5) is 5.69 Å². The number of para-hydroxylation sites is 2. The zero-order chi connectivity index (χ0) is 18.3. The van der Waals surface area contributed by atoms with Gasteiger partial charge >= 0.3 is 0 Å². The van der Waals surface area contributed by atoms with Crippen LogP contribution in [0.2, 0.25) is 0 Å². The summed E-state index contributed by atoms with van der Waals surface area (Å²) >= 11 is 1.32. The van der Waals surface area contributed by atoms with Gasteiger partial charge in [-0.05, 0) is 37.6 Å². The first-order valence-electron chi connectivity index (χ1n) is 8.15. The van der Waals surface area contributed by atoms with Crippen LogP contribution in [0, 0.1) is 13.8 Å². The lowest BCUT2D eigenvalue weighted by Crippen LogP contribution is -2.32. The molecular formula is C19H16N4O2S. The molecule has 0 atom stereocenters. The van der Waals surface area contributed by atoms with Crippen LogP contribution in [-0.2, 0) is 4.79 Å². The van der Waals surface area contributed by atoms with E-state index >= 15 is 0 Å². The van der Waals surface area contributed by atoms with Gasteiger partial charge in [-0.3, -0.25) is 14.5 Å². The molecule has 1 aromatic heterocycles. The number of carbonyl (C=O) groups excluding carboxylic acids is 1. The summed E-state index contributed by atoms with van der Waals surface area (Å²) in [5, 5.41) is 5.46. The number of hydrogen-bond acceptors (Lipinski definition) is 5. The third kappa shape index (κ3) is 2.70. The van der Waals surface area contributed by atoms with E-state index in [1.54, 1.807) is 30.0 Å². The Kier molecular flexibility index (Phi) is 4.08. The maximum absolute atomic E-state index is 12.8. The second-order valence-electron chi connectivity index (χ2n) is 5.98. The zero-order valence-electron chi connectivity index (χ0n) is 14.3. The molecule has 1 amide bonds. The van der Waals surface area contributed by atoms with E-state index in [1.165, 1.54) is 16.4 Å². The maximum Gasteiger partial charge on any atom is 0.282 e. The predicted molar refractivity (Wildman–Crippen MR) is 105 cm³/mol. The Balaban J connectivity index is 1.88. The number of anilines is 1. The van der Waals surface area contributed by atoms with Crippen LogP contribution in [0.25, 0.3) is 10.9 Å². The lowest BCUT2D eigenvalue weighted by Gasteiger charge is -2.18. The van der Waals surface area contributed by atoms with E-state index in [1.807, 2.05) is 37.3 Å². The molecule has 0 unspecified atom stereocenters. The summed E-state index contributed by atoms with van der Waals surface area (Å²) in [4.78, 5) is 31.3. The van der Waals surface area contributed by atoms with Gasteiger partial charge in [0.15, 0.2) is 5.17 Å². The third-order valence-electron chi connectivity index (χ3n) is 4.22. The molecule has 1 fully saturated rings. The van der Waals surface area contributed by atoms with Crippen LogP contribution >= 0.6 is 11.8 Å². The Morgan fingerprint density at radius 1 is 1.04 bits per heavy atom. The Morgan fingerprint density at radius 3 is 2.58 bits per heavy atom. The third-order valence-corrected chi connectivity index (χ3v) is 5.14. The molecule has 0 saturated carbocycles. The molecule has 0 N–H and O–H groups in total. The van der Waals surface area contributed by atoms with E-state index in [0.29, 0.717) is 27.6 Å². The van der Waals surface area contributed by atoms with Crippen LogP contribution in [0.1, 0.15) is 11.4 Å². The number of aryl methyl sites for hydroxylation is 2. The average molecular weight is 364 g/mol. The van der Waals surface area contributed by atoms with Gasteiger partial charge in [0.2, 0.25) is 5.91 Å². The lowest BCUT2D eigenvalue weighted by atomic mass is 10.2. The van der Waals surface area contributed by atoms with E-state index in [0.717, 1.165) is 11.3 Å². The maximum atomic E-state index is 12.8. The molecule has 26 heavy (non-hydrogen) atoms. The van der Waals surface area contributed by atoms with Gasteiger partial charge in [0.1, 0.15) is 5.82 Å². The van der Waals surface area contributed by atoms with Gasteiger partial charge < -0.3 is 0 Å². The molecule has 0 aliphatic carbocycles. The predicted octanol–water partition coefficient (Wildman–Crippen LogP) is 2.91. The highest BCUT2D eigenvalue weighted by Crippen LogP contribution is 2.29. The molecule has 1 aliphatic heterocycles. The molecule has 2 heterocycles. The highest BCUT2D eigenvalue weighted by molar-refractivity contribution is 8.15. The minimum absolute atomic E-state index is 0.0532. The van der Waals surface area contributed by atoms with Gasteiger partial charge in [-0.1, -0.05) is 42.1 Å². The monoisotopic (exact) mass is 364 g/mol. The Hall–Kier alpha value is -2.93. The summed E-state index contributed by atoms with van der Waals surface area (Å²) in [5.74, 6) is 0.718. The van der Waals surface area contributed by atoms with Gasteiger partial charge in [0.05, 0.1) is 22.3 Å². The largest absolute Gasteiger partial charge is 0.282 e. The minimum Gasteiger partial charge on any atom is -0.273 e. The second-order valence-corrected chi connectivity index (χ2v) is 6.92. The fraction of sp³-hybridized carbons (Fsp3) is 0.158. The van der Waals surface area contributed by atoms with Crippen molar-refractivity contribution in [1.82, 2.24) is 9.66 Å². The van der Waals surface area contributed by atoms with Crippen molar-refractivity contribution in [1.29, 1.82) is 0 Å². The van der Waals surface area contributed by atoms with E-state index in [-0.39, 0.29) is 11.5 Å². The van der Waals surface area contributed by atoms with Gasteiger partial charge in [-0.2, -0.15) is 4.68 Å². The van der Waals surface area contributed by atoms with Crippen LogP contribution in [0.3, 0.4) is 0 Å². The van der Waals surface area contributed by atoms with Gasteiger partial charge in [0, 0.05) is 0 Å². The fourth-order valence-electron chi connectivity index (χ4n) is 2.93. The van der Waals surface area contributed by atoms with Gasteiger partial charge in [-0.15, -0.1) is 5.10 Å². The van der Waals surface area contributed by atoms with E-state index in [9.17, 15) is 9.59 Å². The summed E-state index contributed by atoms with van der Waals surface area (Å²) in [7, 11) is 0. The van der Waals surface area contributed by atoms with Crippen molar-refractivity contribution in [3.63, 3.8) is 0 Å². The van der Waals surface area contributed by atoms with Crippen molar-refractivity contribution in [2.75, 3.05) is 10.7 Å². The van der Waals surface area contributed by atoms with Crippen molar-refractivity contribution in [2.45, 2.75) is 13.8 Å². The summed E-state index contributed by atoms with van der Waals surface area (Å²) in [6, 6.07) is 14.8. The summed E-state index contributed by atoms with van der Waals surface area (Å²) < 4.78 is 1.27. The molecule has 130 valence electrons. The van der Waals surface area contributed by atoms with Gasteiger partial charge in [0.25, 0.3) is 5.56 Å². The van der Waals surface area contributed by atoms with Crippen LogP contribution < -0.4 is 10.5 Å². The highest BCUT2D eigenvalue weighted by atomic mass is 32.2. The van der Waals surface area contributed by atoms with Crippen LogP contribution in [-0.4, -0.2) is 26.5 Å². The molecule has 4 rings (SSSR count). The van der Waals surface area contributed by atoms with Crippen molar-refractivity contribution >= 4 is 39.4 Å². The number of amidine groups is 1. The number of rotatable bonds is 2. The summed E-state index contributed by atoms with van der Waals surface area (Å²) in [6.45, 7) is 3.68. The highest BCUT2D eigenvalue weighted by Gasteiger charge is 2.31. The number of amides is 1. The number of aromatic nitrogens is 2. The number of thioether (sulfide) groups is 1. The quantitative estimate of drug-likeness (QED) is 0.701. The molecule has 2 aromatic carbocycles. The minimum atomic E-state index is -0.245. The molecule has 6 nitrogen and oxygen atoms in total. The van der Waals surface area contributed by atoms with Crippen LogP contribution in [0.5, 0.6) is 0 Å². The van der Waals surface area contributed by atoms with Gasteiger partial charge in [-0.25, -0.2) is 4.98 Å². The number of carbonyl (C=O) groups is 1. The lowest BCUT2D eigenvalue weighted by molar-refractivity contribution is -0.115.